The van der Waals surface area contributed by atoms with Crippen LogP contribution in [0.1, 0.15) is 19.3 Å². The predicted molar refractivity (Wildman–Crippen MR) is 73.8 cm³/mol. The zero-order valence-corrected chi connectivity index (χ0v) is 10.8. The van der Waals surface area contributed by atoms with Gasteiger partial charge in [-0.1, -0.05) is 6.07 Å². The number of rotatable bonds is 3. The van der Waals surface area contributed by atoms with Crippen LogP contribution in [0, 0.1) is 0 Å². The van der Waals surface area contributed by atoms with Crippen molar-refractivity contribution in [3.05, 3.63) is 30.6 Å². The van der Waals surface area contributed by atoms with Gasteiger partial charge in [-0.25, -0.2) is 4.98 Å². The molecular weight excluding hydrogens is 230 g/mol. The maximum absolute atomic E-state index is 4.30. The molecule has 1 aliphatic rings. The van der Waals surface area contributed by atoms with Crippen LogP contribution in [0.5, 0.6) is 0 Å². The molecule has 2 unspecified atom stereocenters. The van der Waals surface area contributed by atoms with Crippen LogP contribution in [-0.2, 0) is 0 Å². The number of thioether (sulfide) groups is 1. The van der Waals surface area contributed by atoms with Crippen LogP contribution < -0.4 is 5.32 Å². The molecule has 3 nitrogen and oxygen atoms in total. The molecule has 2 aromatic heterocycles. The van der Waals surface area contributed by atoms with Gasteiger partial charge in [-0.15, -0.1) is 0 Å². The van der Waals surface area contributed by atoms with E-state index in [0.717, 1.165) is 16.7 Å². The van der Waals surface area contributed by atoms with Crippen molar-refractivity contribution in [2.24, 2.45) is 0 Å². The number of fused-ring (bicyclic) bond motifs is 1. The highest BCUT2D eigenvalue weighted by molar-refractivity contribution is 7.99. The van der Waals surface area contributed by atoms with Crippen molar-refractivity contribution in [3.63, 3.8) is 0 Å². The molecule has 0 amide bonds. The average molecular weight is 247 g/mol. The summed E-state index contributed by atoms with van der Waals surface area (Å²) in [5, 5.41) is 4.47. The van der Waals surface area contributed by atoms with E-state index in [4.69, 9.17) is 0 Å². The van der Waals surface area contributed by atoms with Crippen LogP contribution in [0.4, 0.5) is 5.82 Å². The smallest absolute Gasteiger partial charge is 0.138 e. The minimum atomic E-state index is 0.612. The second-order valence-electron chi connectivity index (χ2n) is 4.58. The Morgan fingerprint density at radius 1 is 1.41 bits per heavy atom. The van der Waals surface area contributed by atoms with Crippen LogP contribution in [-0.4, -0.2) is 26.9 Å². The van der Waals surface area contributed by atoms with E-state index in [0.29, 0.717) is 6.04 Å². The van der Waals surface area contributed by atoms with Gasteiger partial charge in [-0.3, -0.25) is 4.40 Å². The third kappa shape index (κ3) is 2.14. The molecule has 1 aliphatic carbocycles. The molecule has 17 heavy (non-hydrogen) atoms. The topological polar surface area (TPSA) is 29.3 Å². The lowest BCUT2D eigenvalue weighted by Gasteiger charge is -2.15. The lowest BCUT2D eigenvalue weighted by molar-refractivity contribution is 0.749. The van der Waals surface area contributed by atoms with Crippen molar-refractivity contribution >= 4 is 23.2 Å². The predicted octanol–water partition coefficient (Wildman–Crippen LogP) is 3.03. The second-order valence-corrected chi connectivity index (χ2v) is 5.72. The van der Waals surface area contributed by atoms with Crippen molar-refractivity contribution < 1.29 is 0 Å². The van der Waals surface area contributed by atoms with E-state index in [2.05, 4.69) is 33.1 Å². The molecule has 0 radical (unpaired) electrons. The Hall–Kier alpha value is -1.16. The fraction of sp³-hybridized carbons (Fsp3) is 0.462. The molecule has 2 heterocycles. The Bertz CT molecular complexity index is 508. The van der Waals surface area contributed by atoms with Gasteiger partial charge in [0.05, 0.1) is 0 Å². The first-order valence-electron chi connectivity index (χ1n) is 6.08. The summed E-state index contributed by atoms with van der Waals surface area (Å²) in [6.45, 7) is 0. The van der Waals surface area contributed by atoms with E-state index < -0.39 is 0 Å². The van der Waals surface area contributed by atoms with E-state index in [1.54, 1.807) is 0 Å². The van der Waals surface area contributed by atoms with E-state index >= 15 is 0 Å². The largest absolute Gasteiger partial charge is 0.368 e. The minimum Gasteiger partial charge on any atom is -0.368 e. The van der Waals surface area contributed by atoms with Crippen LogP contribution in [0.2, 0.25) is 0 Å². The number of aromatic nitrogens is 2. The zero-order valence-electron chi connectivity index (χ0n) is 9.97. The zero-order chi connectivity index (χ0) is 11.7. The first-order chi connectivity index (χ1) is 8.36. The van der Waals surface area contributed by atoms with Gasteiger partial charge in [0.2, 0.25) is 0 Å². The molecule has 3 rings (SSSR count). The quantitative estimate of drug-likeness (QED) is 0.904. The highest BCUT2D eigenvalue weighted by Crippen LogP contribution is 2.30. The Morgan fingerprint density at radius 3 is 3.18 bits per heavy atom. The van der Waals surface area contributed by atoms with E-state index in [9.17, 15) is 0 Å². The van der Waals surface area contributed by atoms with Crippen LogP contribution in [0.3, 0.4) is 0 Å². The van der Waals surface area contributed by atoms with Crippen LogP contribution >= 0.6 is 11.8 Å². The Balaban J connectivity index is 1.79. The molecule has 90 valence electrons. The van der Waals surface area contributed by atoms with Gasteiger partial charge in [0.1, 0.15) is 11.5 Å². The Morgan fingerprint density at radius 2 is 2.35 bits per heavy atom. The van der Waals surface area contributed by atoms with E-state index in [1.165, 1.54) is 19.3 Å². The fourth-order valence-electron chi connectivity index (χ4n) is 2.56. The van der Waals surface area contributed by atoms with Crippen molar-refractivity contribution in [1.29, 1.82) is 0 Å². The molecule has 0 aliphatic heterocycles. The molecular formula is C13H17N3S. The van der Waals surface area contributed by atoms with Gasteiger partial charge in [-0.05, 0) is 37.7 Å². The standard InChI is InChI=1S/C13H17N3S/c1-17-11-6-5-10(9-11)15-13-4-2-3-12-14-7-8-16(12)13/h2-4,7-8,10-11,15H,5-6,9H2,1H3. The van der Waals surface area contributed by atoms with Crippen LogP contribution in [0.15, 0.2) is 30.6 Å². The maximum Gasteiger partial charge on any atom is 0.138 e. The van der Waals surface area contributed by atoms with Crippen molar-refractivity contribution in [2.75, 3.05) is 11.6 Å². The molecule has 4 heteroatoms. The lowest BCUT2D eigenvalue weighted by Crippen LogP contribution is -2.17. The molecule has 0 aromatic carbocycles. The second kappa shape index (κ2) is 4.61. The van der Waals surface area contributed by atoms with Gasteiger partial charge in [0.25, 0.3) is 0 Å². The van der Waals surface area contributed by atoms with Crippen LogP contribution in [0.25, 0.3) is 5.65 Å². The monoisotopic (exact) mass is 247 g/mol. The molecule has 0 bridgehead atoms. The van der Waals surface area contributed by atoms with Gasteiger partial charge in [0.15, 0.2) is 0 Å². The number of nitrogens with zero attached hydrogens (tertiary/aromatic N) is 2. The number of anilines is 1. The molecule has 0 spiro atoms. The first-order valence-corrected chi connectivity index (χ1v) is 7.37. The van der Waals surface area contributed by atoms with Gasteiger partial charge in [-0.2, -0.15) is 11.8 Å². The summed E-state index contributed by atoms with van der Waals surface area (Å²) in [6, 6.07) is 6.83. The lowest BCUT2D eigenvalue weighted by atomic mass is 10.2. The number of hydrogen-bond acceptors (Lipinski definition) is 3. The van der Waals surface area contributed by atoms with Crippen molar-refractivity contribution in [1.82, 2.24) is 9.38 Å². The first kappa shape index (κ1) is 11.0. The Labute approximate surface area is 106 Å². The summed E-state index contributed by atoms with van der Waals surface area (Å²) in [7, 11) is 0. The summed E-state index contributed by atoms with van der Waals surface area (Å²) >= 11 is 1.99. The number of nitrogens with one attached hydrogen (secondary N) is 1. The number of hydrogen-bond donors (Lipinski definition) is 1. The maximum atomic E-state index is 4.30. The van der Waals surface area contributed by atoms with Crippen molar-refractivity contribution in [3.8, 4) is 0 Å². The summed E-state index contributed by atoms with van der Waals surface area (Å²) in [5.74, 6) is 1.16. The minimum absolute atomic E-state index is 0.612. The molecule has 1 N–H and O–H groups in total. The summed E-state index contributed by atoms with van der Waals surface area (Å²) in [4.78, 5) is 4.30. The number of pyridine rings is 1. The fourth-order valence-corrected chi connectivity index (χ4v) is 3.36. The normalized spacial score (nSPS) is 24.3. The highest BCUT2D eigenvalue weighted by atomic mass is 32.2. The number of imidazole rings is 1. The van der Waals surface area contributed by atoms with E-state index in [1.807, 2.05) is 30.2 Å². The third-order valence-electron chi connectivity index (χ3n) is 3.50. The SMILES string of the molecule is CSC1CCC(Nc2cccc3nccn23)C1. The average Bonchev–Trinajstić information content (AvgIpc) is 2.97. The van der Waals surface area contributed by atoms with Gasteiger partial charge >= 0.3 is 0 Å². The molecule has 2 atom stereocenters. The van der Waals surface area contributed by atoms with E-state index in [-0.39, 0.29) is 0 Å². The van der Waals surface area contributed by atoms with Gasteiger partial charge in [0, 0.05) is 23.7 Å². The summed E-state index contributed by atoms with van der Waals surface area (Å²) < 4.78 is 2.12. The molecule has 2 aromatic rings. The Kier molecular flexibility index (Phi) is 2.97. The molecule has 0 saturated heterocycles. The summed E-state index contributed by atoms with van der Waals surface area (Å²) in [5.41, 5.74) is 1.01. The molecule has 1 fully saturated rings. The highest BCUT2D eigenvalue weighted by Gasteiger charge is 2.23. The van der Waals surface area contributed by atoms with Crippen molar-refractivity contribution in [2.45, 2.75) is 30.6 Å². The third-order valence-corrected chi connectivity index (χ3v) is 4.59. The molecule has 1 saturated carbocycles. The van der Waals surface area contributed by atoms with Gasteiger partial charge < -0.3 is 5.32 Å². The summed E-state index contributed by atoms with van der Waals surface area (Å²) in [6.07, 6.45) is 9.95.